The van der Waals surface area contributed by atoms with Gasteiger partial charge in [-0.25, -0.2) is 0 Å². The van der Waals surface area contributed by atoms with Crippen molar-refractivity contribution in [3.05, 3.63) is 0 Å². The van der Waals surface area contributed by atoms with E-state index >= 15 is 0 Å². The van der Waals surface area contributed by atoms with E-state index in [4.69, 9.17) is 10.9 Å². The molecule has 88 valence electrons. The Kier molecular flexibility index (Phi) is 4.39. The number of nitrogens with two attached hydrogens (primary N) is 1. The summed E-state index contributed by atoms with van der Waals surface area (Å²) in [6.07, 6.45) is 4.46. The zero-order valence-corrected chi connectivity index (χ0v) is 9.87. The summed E-state index contributed by atoms with van der Waals surface area (Å²) in [5, 5.41) is 11.4. The highest BCUT2D eigenvalue weighted by molar-refractivity contribution is 5.79. The summed E-state index contributed by atoms with van der Waals surface area (Å²) in [5.41, 5.74) is 5.98. The molecule has 0 aromatic rings. The van der Waals surface area contributed by atoms with Crippen molar-refractivity contribution in [2.75, 3.05) is 19.6 Å². The molecule has 0 bridgehead atoms. The lowest BCUT2D eigenvalue weighted by Gasteiger charge is -2.38. The molecule has 0 radical (unpaired) electrons. The van der Waals surface area contributed by atoms with E-state index in [0.717, 1.165) is 19.6 Å². The molecule has 0 saturated carbocycles. The van der Waals surface area contributed by atoms with E-state index in [9.17, 15) is 0 Å². The van der Waals surface area contributed by atoms with Gasteiger partial charge in [0.2, 0.25) is 0 Å². The Labute approximate surface area is 92.1 Å². The molecule has 0 aromatic carbocycles. The Bertz CT molecular complexity index is 220. The Balaban J connectivity index is 2.26. The van der Waals surface area contributed by atoms with Crippen LogP contribution in [0.3, 0.4) is 0 Å². The molecular formula is C11H23N3O. The van der Waals surface area contributed by atoms with Crippen LogP contribution in [-0.4, -0.2) is 35.6 Å². The predicted molar refractivity (Wildman–Crippen MR) is 62.1 cm³/mol. The van der Waals surface area contributed by atoms with E-state index in [-0.39, 0.29) is 0 Å². The van der Waals surface area contributed by atoms with E-state index in [1.54, 1.807) is 0 Å². The topological polar surface area (TPSA) is 61.8 Å². The maximum absolute atomic E-state index is 8.43. The van der Waals surface area contributed by atoms with Crippen molar-refractivity contribution in [2.45, 2.75) is 39.5 Å². The minimum absolute atomic E-state index is 0.332. The summed E-state index contributed by atoms with van der Waals surface area (Å²) < 4.78 is 0. The van der Waals surface area contributed by atoms with Crippen molar-refractivity contribution >= 4 is 5.84 Å². The van der Waals surface area contributed by atoms with Gasteiger partial charge >= 0.3 is 0 Å². The summed E-state index contributed by atoms with van der Waals surface area (Å²) in [5.74, 6) is 0.332. The lowest BCUT2D eigenvalue weighted by Crippen LogP contribution is -2.39. The fraction of sp³-hybridized carbons (Fsp3) is 0.909. The molecule has 15 heavy (non-hydrogen) atoms. The smallest absolute Gasteiger partial charge is 0.140 e. The predicted octanol–water partition coefficient (Wildman–Crippen LogP) is 1.63. The van der Waals surface area contributed by atoms with Crippen molar-refractivity contribution in [1.82, 2.24) is 4.90 Å². The molecule has 4 nitrogen and oxygen atoms in total. The van der Waals surface area contributed by atoms with Gasteiger partial charge in [0, 0.05) is 13.0 Å². The third-order valence-electron chi connectivity index (χ3n) is 3.73. The lowest BCUT2D eigenvalue weighted by molar-refractivity contribution is 0.117. The van der Waals surface area contributed by atoms with Gasteiger partial charge < -0.3 is 15.8 Å². The maximum atomic E-state index is 8.43. The minimum Gasteiger partial charge on any atom is -0.409 e. The molecule has 1 aliphatic rings. The van der Waals surface area contributed by atoms with Gasteiger partial charge in [-0.3, -0.25) is 0 Å². The van der Waals surface area contributed by atoms with Crippen LogP contribution in [0.2, 0.25) is 0 Å². The Morgan fingerprint density at radius 2 is 2.07 bits per heavy atom. The number of amidine groups is 1. The van der Waals surface area contributed by atoms with Gasteiger partial charge in [0.25, 0.3) is 0 Å². The van der Waals surface area contributed by atoms with E-state index in [1.807, 2.05) is 0 Å². The second-order valence-corrected chi connectivity index (χ2v) is 4.85. The molecule has 1 rings (SSSR count). The average Bonchev–Trinajstić information content (AvgIpc) is 2.28. The van der Waals surface area contributed by atoms with Crippen molar-refractivity contribution in [3.63, 3.8) is 0 Å². The number of oxime groups is 1. The second kappa shape index (κ2) is 5.35. The third kappa shape index (κ3) is 3.70. The van der Waals surface area contributed by atoms with Crippen LogP contribution in [0.1, 0.15) is 39.5 Å². The average molecular weight is 213 g/mol. The van der Waals surface area contributed by atoms with Crippen LogP contribution < -0.4 is 5.73 Å². The number of likely N-dealkylation sites (tertiary alicyclic amines) is 1. The van der Waals surface area contributed by atoms with Gasteiger partial charge in [0.05, 0.1) is 0 Å². The first-order chi connectivity index (χ1) is 7.09. The van der Waals surface area contributed by atoms with Gasteiger partial charge in [-0.2, -0.15) is 0 Å². The fourth-order valence-corrected chi connectivity index (χ4v) is 1.99. The highest BCUT2D eigenvalue weighted by Crippen LogP contribution is 2.33. The van der Waals surface area contributed by atoms with Crippen LogP contribution >= 0.6 is 0 Å². The van der Waals surface area contributed by atoms with E-state index < -0.39 is 0 Å². The summed E-state index contributed by atoms with van der Waals surface area (Å²) in [7, 11) is 0. The van der Waals surface area contributed by atoms with Gasteiger partial charge in [0.1, 0.15) is 5.84 Å². The van der Waals surface area contributed by atoms with Gasteiger partial charge in [-0.1, -0.05) is 25.4 Å². The first-order valence-electron chi connectivity index (χ1n) is 5.78. The van der Waals surface area contributed by atoms with Crippen LogP contribution in [-0.2, 0) is 0 Å². The maximum Gasteiger partial charge on any atom is 0.140 e. The molecule has 4 heteroatoms. The Hall–Kier alpha value is -0.770. The molecule has 1 fully saturated rings. The Morgan fingerprint density at radius 3 is 2.53 bits per heavy atom. The van der Waals surface area contributed by atoms with E-state index in [1.165, 1.54) is 19.3 Å². The molecule has 1 aliphatic heterocycles. The zero-order valence-electron chi connectivity index (χ0n) is 9.87. The normalized spacial score (nSPS) is 22.9. The van der Waals surface area contributed by atoms with E-state index in [2.05, 4.69) is 23.9 Å². The molecule has 0 atom stereocenters. The van der Waals surface area contributed by atoms with Gasteiger partial charge in [-0.05, 0) is 31.3 Å². The molecule has 1 heterocycles. The number of hydrogen-bond donors (Lipinski definition) is 2. The van der Waals surface area contributed by atoms with Crippen LogP contribution in [0.4, 0.5) is 0 Å². The third-order valence-corrected chi connectivity index (χ3v) is 3.73. The van der Waals surface area contributed by atoms with Crippen LogP contribution in [0, 0.1) is 5.41 Å². The lowest BCUT2D eigenvalue weighted by atomic mass is 9.78. The molecule has 0 amide bonds. The summed E-state index contributed by atoms with van der Waals surface area (Å²) in [6, 6.07) is 0. The van der Waals surface area contributed by atoms with Crippen molar-refractivity contribution in [2.24, 2.45) is 16.3 Å². The van der Waals surface area contributed by atoms with Crippen LogP contribution in [0.15, 0.2) is 5.16 Å². The highest BCUT2D eigenvalue weighted by atomic mass is 16.4. The van der Waals surface area contributed by atoms with E-state index in [0.29, 0.717) is 17.7 Å². The summed E-state index contributed by atoms with van der Waals surface area (Å²) >= 11 is 0. The summed E-state index contributed by atoms with van der Waals surface area (Å²) in [4.78, 5) is 2.40. The fourth-order valence-electron chi connectivity index (χ4n) is 1.99. The van der Waals surface area contributed by atoms with Crippen molar-refractivity contribution in [3.8, 4) is 0 Å². The van der Waals surface area contributed by atoms with Gasteiger partial charge in [0.15, 0.2) is 0 Å². The minimum atomic E-state index is 0.332. The first kappa shape index (κ1) is 12.3. The quantitative estimate of drug-likeness (QED) is 0.323. The second-order valence-electron chi connectivity index (χ2n) is 4.85. The van der Waals surface area contributed by atoms with Crippen LogP contribution in [0.25, 0.3) is 0 Å². The standard InChI is InChI=1S/C11H23N3O/c1-3-11(2)5-8-14(9-6-11)7-4-10(12)13-15/h15H,3-9H2,1-2H3,(H2,12,13). The zero-order chi connectivity index (χ0) is 11.3. The highest BCUT2D eigenvalue weighted by Gasteiger charge is 2.27. The molecule has 0 aliphatic carbocycles. The van der Waals surface area contributed by atoms with Crippen molar-refractivity contribution in [1.29, 1.82) is 0 Å². The molecular weight excluding hydrogens is 190 g/mol. The molecule has 3 N–H and O–H groups in total. The molecule has 0 spiro atoms. The number of piperidine rings is 1. The Morgan fingerprint density at radius 1 is 1.47 bits per heavy atom. The summed E-state index contributed by atoms with van der Waals surface area (Å²) in [6.45, 7) is 7.84. The number of rotatable bonds is 4. The molecule has 1 saturated heterocycles. The SMILES string of the molecule is CCC1(C)CCN(CCC(N)=NO)CC1. The molecule has 0 aromatic heterocycles. The van der Waals surface area contributed by atoms with Crippen LogP contribution in [0.5, 0.6) is 0 Å². The van der Waals surface area contributed by atoms with Crippen molar-refractivity contribution < 1.29 is 5.21 Å². The monoisotopic (exact) mass is 213 g/mol. The number of hydrogen-bond acceptors (Lipinski definition) is 3. The molecule has 0 unspecified atom stereocenters. The first-order valence-corrected chi connectivity index (χ1v) is 5.78. The number of nitrogens with zero attached hydrogens (tertiary/aromatic N) is 2. The van der Waals surface area contributed by atoms with Gasteiger partial charge in [-0.15, -0.1) is 0 Å². The largest absolute Gasteiger partial charge is 0.409 e.